The van der Waals surface area contributed by atoms with Crippen LogP contribution in [0.3, 0.4) is 0 Å². The monoisotopic (exact) mass is 226 g/mol. The molecule has 0 heterocycles. The van der Waals surface area contributed by atoms with Gasteiger partial charge in [-0.15, -0.1) is 0 Å². The molecule has 0 aromatic rings. The minimum atomic E-state index is -2.62. The lowest BCUT2D eigenvalue weighted by Crippen LogP contribution is -2.41. The summed E-state index contributed by atoms with van der Waals surface area (Å²) < 4.78 is 26.1. The number of nitrogens with zero attached hydrogens (tertiary/aromatic N) is 1. The first-order chi connectivity index (χ1) is 6.52. The van der Waals surface area contributed by atoms with Crippen LogP contribution < -0.4 is 5.32 Å². The van der Waals surface area contributed by atoms with Crippen molar-refractivity contribution in [1.29, 1.82) is 0 Å². The third-order valence-electron chi connectivity index (χ3n) is 1.82. The molecule has 14 heavy (non-hydrogen) atoms. The minimum absolute atomic E-state index is 0.164. The Kier molecular flexibility index (Phi) is 7.49. The molecule has 86 valence electrons. The summed E-state index contributed by atoms with van der Waals surface area (Å²) in [4.78, 5) is 1.69. The standard InChI is InChI=1S/C9H20F2N2S/c1-12-7-9(10,11)8-13(2)5-4-6-14-3/h12H,4-8H2,1-3H3. The van der Waals surface area contributed by atoms with Gasteiger partial charge in [-0.3, -0.25) is 0 Å². The van der Waals surface area contributed by atoms with Crippen LogP contribution in [0.4, 0.5) is 8.78 Å². The lowest BCUT2D eigenvalue weighted by Gasteiger charge is -2.23. The van der Waals surface area contributed by atoms with E-state index in [0.29, 0.717) is 0 Å². The predicted octanol–water partition coefficient (Wildman–Crippen LogP) is 1.53. The summed E-state index contributed by atoms with van der Waals surface area (Å²) in [6, 6.07) is 0. The number of thioether (sulfide) groups is 1. The van der Waals surface area contributed by atoms with Crippen molar-refractivity contribution < 1.29 is 8.78 Å². The summed E-state index contributed by atoms with van der Waals surface area (Å²) >= 11 is 1.75. The van der Waals surface area contributed by atoms with Crippen LogP contribution in [0.2, 0.25) is 0 Å². The fraction of sp³-hybridized carbons (Fsp3) is 1.00. The Morgan fingerprint density at radius 3 is 2.57 bits per heavy atom. The summed E-state index contributed by atoms with van der Waals surface area (Å²) in [6.45, 7) is 0.322. The summed E-state index contributed by atoms with van der Waals surface area (Å²) in [5, 5.41) is 2.50. The Bertz CT molecular complexity index is 145. The number of nitrogens with one attached hydrogen (secondary N) is 1. The van der Waals surface area contributed by atoms with Gasteiger partial charge in [0.25, 0.3) is 5.92 Å². The van der Waals surface area contributed by atoms with E-state index in [4.69, 9.17) is 0 Å². The van der Waals surface area contributed by atoms with Gasteiger partial charge in [0.05, 0.1) is 13.1 Å². The van der Waals surface area contributed by atoms with Gasteiger partial charge < -0.3 is 10.2 Å². The molecule has 0 atom stereocenters. The van der Waals surface area contributed by atoms with E-state index in [-0.39, 0.29) is 13.1 Å². The second kappa shape index (κ2) is 7.43. The van der Waals surface area contributed by atoms with Gasteiger partial charge in [-0.1, -0.05) is 0 Å². The molecule has 0 saturated heterocycles. The maximum Gasteiger partial charge on any atom is 0.272 e. The van der Waals surface area contributed by atoms with E-state index in [2.05, 4.69) is 5.32 Å². The molecule has 0 rings (SSSR count). The van der Waals surface area contributed by atoms with Crippen LogP contribution in [0, 0.1) is 0 Å². The SMILES string of the molecule is CNCC(F)(F)CN(C)CCCSC. The number of halogens is 2. The molecule has 0 bridgehead atoms. The van der Waals surface area contributed by atoms with Gasteiger partial charge in [0.15, 0.2) is 0 Å². The molecule has 0 aliphatic rings. The first-order valence-electron chi connectivity index (χ1n) is 4.72. The smallest absolute Gasteiger partial charge is 0.272 e. The predicted molar refractivity (Wildman–Crippen MR) is 59.4 cm³/mol. The zero-order valence-electron chi connectivity index (χ0n) is 9.15. The fourth-order valence-electron chi connectivity index (χ4n) is 1.27. The molecule has 0 unspecified atom stereocenters. The van der Waals surface area contributed by atoms with Crippen molar-refractivity contribution in [3.8, 4) is 0 Å². The average molecular weight is 226 g/mol. The Morgan fingerprint density at radius 1 is 1.43 bits per heavy atom. The van der Waals surface area contributed by atoms with Crippen LogP contribution in [-0.4, -0.2) is 56.6 Å². The largest absolute Gasteiger partial charge is 0.314 e. The highest BCUT2D eigenvalue weighted by Crippen LogP contribution is 2.13. The van der Waals surface area contributed by atoms with Crippen molar-refractivity contribution >= 4 is 11.8 Å². The second-order valence-electron chi connectivity index (χ2n) is 3.47. The van der Waals surface area contributed by atoms with E-state index in [9.17, 15) is 8.78 Å². The van der Waals surface area contributed by atoms with Crippen LogP contribution in [0.25, 0.3) is 0 Å². The van der Waals surface area contributed by atoms with Crippen LogP contribution >= 0.6 is 11.8 Å². The van der Waals surface area contributed by atoms with Crippen molar-refractivity contribution in [3.63, 3.8) is 0 Å². The Hall–Kier alpha value is 0.130. The second-order valence-corrected chi connectivity index (χ2v) is 4.46. The van der Waals surface area contributed by atoms with E-state index >= 15 is 0 Å². The van der Waals surface area contributed by atoms with Gasteiger partial charge in [0.1, 0.15) is 0 Å². The van der Waals surface area contributed by atoms with Crippen LogP contribution in [0.5, 0.6) is 0 Å². The van der Waals surface area contributed by atoms with Crippen LogP contribution in [0.1, 0.15) is 6.42 Å². The zero-order chi connectivity index (χ0) is 11.0. The Morgan fingerprint density at radius 2 is 2.07 bits per heavy atom. The van der Waals surface area contributed by atoms with Crippen molar-refractivity contribution in [2.24, 2.45) is 0 Å². The van der Waals surface area contributed by atoms with Crippen LogP contribution in [-0.2, 0) is 0 Å². The Balaban J connectivity index is 3.63. The van der Waals surface area contributed by atoms with Gasteiger partial charge >= 0.3 is 0 Å². The maximum atomic E-state index is 13.1. The molecule has 0 aromatic carbocycles. The topological polar surface area (TPSA) is 15.3 Å². The highest BCUT2D eigenvalue weighted by Gasteiger charge is 2.29. The third-order valence-corrected chi connectivity index (χ3v) is 2.52. The number of rotatable bonds is 8. The lowest BCUT2D eigenvalue weighted by molar-refractivity contribution is -0.0231. The molecule has 0 aromatic heterocycles. The minimum Gasteiger partial charge on any atom is -0.314 e. The van der Waals surface area contributed by atoms with Crippen molar-refractivity contribution in [1.82, 2.24) is 10.2 Å². The zero-order valence-corrected chi connectivity index (χ0v) is 9.96. The number of alkyl halides is 2. The lowest BCUT2D eigenvalue weighted by atomic mass is 10.3. The maximum absolute atomic E-state index is 13.1. The molecule has 0 fully saturated rings. The molecule has 2 nitrogen and oxygen atoms in total. The molecule has 0 aliphatic carbocycles. The van der Waals surface area contributed by atoms with Gasteiger partial charge in [0, 0.05) is 0 Å². The number of hydrogen-bond acceptors (Lipinski definition) is 3. The molecule has 5 heteroatoms. The van der Waals surface area contributed by atoms with E-state index in [0.717, 1.165) is 18.7 Å². The van der Waals surface area contributed by atoms with Crippen LogP contribution in [0.15, 0.2) is 0 Å². The molecule has 1 N–H and O–H groups in total. The van der Waals surface area contributed by atoms with Crippen molar-refractivity contribution in [2.75, 3.05) is 45.7 Å². The number of hydrogen-bond donors (Lipinski definition) is 1. The van der Waals surface area contributed by atoms with Crippen molar-refractivity contribution in [2.45, 2.75) is 12.3 Å². The summed E-state index contributed by atoms with van der Waals surface area (Å²) in [6.07, 6.45) is 2.99. The van der Waals surface area contributed by atoms with E-state index in [1.54, 1.807) is 30.8 Å². The van der Waals surface area contributed by atoms with Gasteiger partial charge in [-0.05, 0) is 39.1 Å². The van der Waals surface area contributed by atoms with E-state index < -0.39 is 5.92 Å². The normalized spacial score (nSPS) is 12.4. The van der Waals surface area contributed by atoms with E-state index in [1.807, 2.05) is 6.26 Å². The molecule has 0 saturated carbocycles. The summed E-state index contributed by atoms with van der Waals surface area (Å²) in [5.74, 6) is -1.59. The molecular formula is C9H20F2N2S. The quantitative estimate of drug-likeness (QED) is 0.632. The fourth-order valence-corrected chi connectivity index (χ4v) is 1.69. The summed E-state index contributed by atoms with van der Waals surface area (Å²) in [5.41, 5.74) is 0. The molecular weight excluding hydrogens is 206 g/mol. The first-order valence-corrected chi connectivity index (χ1v) is 6.11. The highest BCUT2D eigenvalue weighted by molar-refractivity contribution is 7.98. The van der Waals surface area contributed by atoms with E-state index in [1.165, 1.54) is 0 Å². The van der Waals surface area contributed by atoms with Gasteiger partial charge in [-0.2, -0.15) is 11.8 Å². The van der Waals surface area contributed by atoms with Gasteiger partial charge in [0.2, 0.25) is 0 Å². The Labute approximate surface area is 89.4 Å². The molecule has 0 aliphatic heterocycles. The average Bonchev–Trinajstić information content (AvgIpc) is 2.03. The molecule has 0 spiro atoms. The highest BCUT2D eigenvalue weighted by atomic mass is 32.2. The van der Waals surface area contributed by atoms with Crippen molar-refractivity contribution in [3.05, 3.63) is 0 Å². The third kappa shape index (κ3) is 7.53. The first kappa shape index (κ1) is 14.1. The van der Waals surface area contributed by atoms with Gasteiger partial charge in [-0.25, -0.2) is 8.78 Å². The molecule has 0 amide bonds. The molecule has 0 radical (unpaired) electrons. The summed E-state index contributed by atoms with van der Waals surface area (Å²) in [7, 11) is 3.28.